The van der Waals surface area contributed by atoms with Gasteiger partial charge in [0.2, 0.25) is 10.0 Å². The number of nitrogens with two attached hydrogens (primary N) is 2. The van der Waals surface area contributed by atoms with Crippen LogP contribution in [0.3, 0.4) is 0 Å². The number of sulfonamides is 1. The van der Waals surface area contributed by atoms with Crippen LogP contribution in [0.2, 0.25) is 0 Å². The number of anilines is 1. The molecule has 5 N–H and O–H groups in total. The molecule has 88 valence electrons. The van der Waals surface area contributed by atoms with Crippen LogP contribution in [0.5, 0.6) is 0 Å². The van der Waals surface area contributed by atoms with E-state index in [0.29, 0.717) is 5.69 Å². The Kier molecular flexibility index (Phi) is 3.51. The monoisotopic (exact) mass is 259 g/mol. The average Bonchev–Trinajstić information content (AvgIpc) is 2.06. The van der Waals surface area contributed by atoms with Gasteiger partial charge in [0.1, 0.15) is 4.90 Å². The van der Waals surface area contributed by atoms with Gasteiger partial charge in [0, 0.05) is 0 Å². The predicted molar refractivity (Wildman–Crippen MR) is 67.7 cm³/mol. The molecule has 0 saturated heterocycles. The maximum Gasteiger partial charge on any atom is 0.240 e. The summed E-state index contributed by atoms with van der Waals surface area (Å²) in [4.78, 5) is -0.00204. The van der Waals surface area contributed by atoms with E-state index in [1.54, 1.807) is 13.8 Å². The second kappa shape index (κ2) is 4.36. The third kappa shape index (κ3) is 2.91. The van der Waals surface area contributed by atoms with E-state index in [4.69, 9.17) is 10.9 Å². The lowest BCUT2D eigenvalue weighted by atomic mass is 10.1. The number of thiocarbonyl (C=S) groups is 1. The van der Waals surface area contributed by atoms with Crippen LogP contribution < -0.4 is 16.2 Å². The van der Waals surface area contributed by atoms with Gasteiger partial charge in [-0.2, -0.15) is 0 Å². The van der Waals surface area contributed by atoms with E-state index in [1.807, 2.05) is 6.07 Å². The molecular weight excluding hydrogens is 246 g/mol. The summed E-state index contributed by atoms with van der Waals surface area (Å²) in [5, 5.41) is 7.74. The van der Waals surface area contributed by atoms with E-state index in [0.717, 1.165) is 11.1 Å². The SMILES string of the molecule is Cc1cc(C)c(NC(N)=S)c(S(N)(=O)=O)c1. The van der Waals surface area contributed by atoms with Crippen LogP contribution in [0, 0.1) is 13.8 Å². The van der Waals surface area contributed by atoms with E-state index in [2.05, 4.69) is 17.5 Å². The first-order valence-electron chi connectivity index (χ1n) is 4.42. The zero-order valence-corrected chi connectivity index (χ0v) is 10.6. The van der Waals surface area contributed by atoms with Gasteiger partial charge in [0.25, 0.3) is 0 Å². The highest BCUT2D eigenvalue weighted by atomic mass is 32.2. The molecule has 0 heterocycles. The molecule has 0 aliphatic carbocycles. The molecule has 0 bridgehead atoms. The summed E-state index contributed by atoms with van der Waals surface area (Å²) in [7, 11) is -3.80. The topological polar surface area (TPSA) is 98.2 Å². The van der Waals surface area contributed by atoms with E-state index in [9.17, 15) is 8.42 Å². The van der Waals surface area contributed by atoms with Crippen LogP contribution in [-0.2, 0) is 10.0 Å². The van der Waals surface area contributed by atoms with Crippen molar-refractivity contribution in [1.29, 1.82) is 0 Å². The minimum Gasteiger partial charge on any atom is -0.376 e. The molecule has 0 spiro atoms. The zero-order valence-electron chi connectivity index (χ0n) is 8.94. The van der Waals surface area contributed by atoms with Crippen LogP contribution in [0.15, 0.2) is 17.0 Å². The molecule has 1 aromatic carbocycles. The standard InChI is InChI=1S/C9H13N3O2S2/c1-5-3-6(2)8(12-9(10)15)7(4-5)16(11,13)14/h3-4H,1-2H3,(H3,10,12,15)(H2,11,13,14). The van der Waals surface area contributed by atoms with Gasteiger partial charge in [-0.25, -0.2) is 13.6 Å². The highest BCUT2D eigenvalue weighted by Gasteiger charge is 2.16. The van der Waals surface area contributed by atoms with Crippen LogP contribution >= 0.6 is 12.2 Å². The molecule has 0 fully saturated rings. The minimum absolute atomic E-state index is 0.00204. The van der Waals surface area contributed by atoms with Crippen molar-refractivity contribution in [3.8, 4) is 0 Å². The molecule has 0 amide bonds. The number of rotatable bonds is 2. The number of benzene rings is 1. The summed E-state index contributed by atoms with van der Waals surface area (Å²) in [6.45, 7) is 3.54. The molecule has 7 heteroatoms. The fraction of sp³-hybridized carbons (Fsp3) is 0.222. The second-order valence-electron chi connectivity index (χ2n) is 3.49. The van der Waals surface area contributed by atoms with E-state index in [-0.39, 0.29) is 10.0 Å². The first-order valence-corrected chi connectivity index (χ1v) is 6.38. The van der Waals surface area contributed by atoms with Crippen LogP contribution in [0.25, 0.3) is 0 Å². The summed E-state index contributed by atoms with van der Waals surface area (Å²) < 4.78 is 22.8. The summed E-state index contributed by atoms with van der Waals surface area (Å²) in [6.07, 6.45) is 0. The van der Waals surface area contributed by atoms with Crippen molar-refractivity contribution in [1.82, 2.24) is 0 Å². The number of hydrogen-bond donors (Lipinski definition) is 3. The molecule has 5 nitrogen and oxygen atoms in total. The van der Waals surface area contributed by atoms with Gasteiger partial charge >= 0.3 is 0 Å². The van der Waals surface area contributed by atoms with Crippen LogP contribution in [0.1, 0.15) is 11.1 Å². The molecule has 0 unspecified atom stereocenters. The minimum atomic E-state index is -3.80. The number of hydrogen-bond acceptors (Lipinski definition) is 3. The molecule has 0 aliphatic rings. The lowest BCUT2D eigenvalue weighted by Crippen LogP contribution is -2.23. The molecule has 0 atom stereocenters. The summed E-state index contributed by atoms with van der Waals surface area (Å²) in [5.74, 6) is 0. The first kappa shape index (κ1) is 12.9. The van der Waals surface area contributed by atoms with E-state index in [1.165, 1.54) is 6.07 Å². The molecule has 0 aliphatic heterocycles. The summed E-state index contributed by atoms with van der Waals surface area (Å²) in [6, 6.07) is 3.29. The smallest absolute Gasteiger partial charge is 0.240 e. The van der Waals surface area contributed by atoms with Crippen molar-refractivity contribution in [2.45, 2.75) is 18.7 Å². The molecule has 16 heavy (non-hydrogen) atoms. The Bertz CT molecular complexity index is 538. The predicted octanol–water partition coefficient (Wildman–Crippen LogP) is 0.606. The molecule has 0 aromatic heterocycles. The Balaban J connectivity index is 3.51. The fourth-order valence-electron chi connectivity index (χ4n) is 1.44. The molecular formula is C9H13N3O2S2. The third-order valence-corrected chi connectivity index (χ3v) is 3.04. The van der Waals surface area contributed by atoms with Gasteiger partial charge in [0.15, 0.2) is 5.11 Å². The maximum absolute atomic E-state index is 11.4. The molecule has 1 rings (SSSR count). The van der Waals surface area contributed by atoms with E-state index < -0.39 is 10.0 Å². The van der Waals surface area contributed by atoms with Crippen molar-refractivity contribution >= 4 is 33.0 Å². The fourth-order valence-corrected chi connectivity index (χ4v) is 2.39. The number of aryl methyl sites for hydroxylation is 2. The van der Waals surface area contributed by atoms with Gasteiger partial charge in [-0.15, -0.1) is 0 Å². The summed E-state index contributed by atoms with van der Waals surface area (Å²) >= 11 is 4.68. The first-order chi connectivity index (χ1) is 7.21. The largest absolute Gasteiger partial charge is 0.376 e. The lowest BCUT2D eigenvalue weighted by Gasteiger charge is -2.13. The van der Waals surface area contributed by atoms with Crippen molar-refractivity contribution in [3.63, 3.8) is 0 Å². The Morgan fingerprint density at radius 2 is 1.94 bits per heavy atom. The Morgan fingerprint density at radius 3 is 2.38 bits per heavy atom. The number of primary sulfonamides is 1. The van der Waals surface area contributed by atoms with Gasteiger partial charge < -0.3 is 11.1 Å². The molecule has 1 aromatic rings. The van der Waals surface area contributed by atoms with Gasteiger partial charge in [-0.3, -0.25) is 0 Å². The van der Waals surface area contributed by atoms with E-state index >= 15 is 0 Å². The average molecular weight is 259 g/mol. The van der Waals surface area contributed by atoms with Gasteiger partial charge in [0.05, 0.1) is 5.69 Å². The Hall–Kier alpha value is -1.18. The highest BCUT2D eigenvalue weighted by molar-refractivity contribution is 7.89. The summed E-state index contributed by atoms with van der Waals surface area (Å²) in [5.41, 5.74) is 7.18. The van der Waals surface area contributed by atoms with Gasteiger partial charge in [-0.1, -0.05) is 6.07 Å². The zero-order chi connectivity index (χ0) is 12.5. The van der Waals surface area contributed by atoms with Crippen molar-refractivity contribution in [3.05, 3.63) is 23.3 Å². The van der Waals surface area contributed by atoms with Gasteiger partial charge in [-0.05, 0) is 43.3 Å². The quantitative estimate of drug-likeness (QED) is 0.676. The second-order valence-corrected chi connectivity index (χ2v) is 5.46. The van der Waals surface area contributed by atoms with Crippen molar-refractivity contribution in [2.24, 2.45) is 10.9 Å². The Morgan fingerprint density at radius 1 is 1.38 bits per heavy atom. The Labute approximate surface area is 99.9 Å². The van der Waals surface area contributed by atoms with Crippen molar-refractivity contribution < 1.29 is 8.42 Å². The lowest BCUT2D eigenvalue weighted by molar-refractivity contribution is 0.598. The van der Waals surface area contributed by atoms with Crippen LogP contribution in [-0.4, -0.2) is 13.5 Å². The van der Waals surface area contributed by atoms with Crippen LogP contribution in [0.4, 0.5) is 5.69 Å². The third-order valence-electron chi connectivity index (χ3n) is 2.00. The maximum atomic E-state index is 11.4. The van der Waals surface area contributed by atoms with Crippen molar-refractivity contribution in [2.75, 3.05) is 5.32 Å². The highest BCUT2D eigenvalue weighted by Crippen LogP contribution is 2.25. The normalized spacial score (nSPS) is 11.2. The number of nitrogens with one attached hydrogen (secondary N) is 1. The molecule has 0 radical (unpaired) electrons. The molecule has 0 saturated carbocycles.